The Morgan fingerprint density at radius 3 is 2.52 bits per heavy atom. The molecule has 0 fully saturated rings. The largest absolute Gasteiger partial charge is 0.409 e. The van der Waals surface area contributed by atoms with Crippen LogP contribution in [0, 0.1) is 0 Å². The number of hydrogen-bond acceptors (Lipinski definition) is 4. The molecule has 0 saturated heterocycles. The first-order valence-electron chi connectivity index (χ1n) is 6.76. The molecular weight excluding hydrogens is 270 g/mol. The average molecular weight is 293 g/mol. The normalized spacial score (nSPS) is 12.2. The Hall–Kier alpha value is -2.08. The molecule has 1 amide bonds. The van der Waals surface area contributed by atoms with E-state index in [1.165, 1.54) is 0 Å². The molecule has 0 saturated carbocycles. The zero-order valence-electron chi connectivity index (χ0n) is 12.7. The zero-order valence-corrected chi connectivity index (χ0v) is 12.7. The summed E-state index contributed by atoms with van der Waals surface area (Å²) in [4.78, 5) is 14.1. The molecule has 0 spiro atoms. The number of amides is 1. The smallest absolute Gasteiger partial charge is 0.229 e. The standard InChI is InChI=1S/C15H23N3O3/c1-15(2,21-3)11-14(19)18(10-9-13(16)17-20)12-7-5-4-6-8-12/h4-8,20H,9-11H2,1-3H3,(H2,16,17). The number of carbonyl (C=O) groups is 1. The molecular formula is C15H23N3O3. The van der Waals surface area contributed by atoms with Crippen LogP contribution in [0.2, 0.25) is 0 Å². The molecule has 0 aliphatic heterocycles. The van der Waals surface area contributed by atoms with Crippen LogP contribution in [0.25, 0.3) is 0 Å². The predicted molar refractivity (Wildman–Crippen MR) is 82.5 cm³/mol. The summed E-state index contributed by atoms with van der Waals surface area (Å²) in [6, 6.07) is 9.31. The van der Waals surface area contributed by atoms with E-state index in [1.54, 1.807) is 12.0 Å². The van der Waals surface area contributed by atoms with Gasteiger partial charge in [-0.05, 0) is 26.0 Å². The van der Waals surface area contributed by atoms with E-state index in [-0.39, 0.29) is 18.2 Å². The maximum atomic E-state index is 12.5. The predicted octanol–water partition coefficient (Wildman–Crippen LogP) is 1.97. The molecule has 0 radical (unpaired) electrons. The zero-order chi connectivity index (χ0) is 15.9. The third-order valence-corrected chi connectivity index (χ3v) is 3.22. The maximum absolute atomic E-state index is 12.5. The van der Waals surface area contributed by atoms with E-state index >= 15 is 0 Å². The lowest BCUT2D eigenvalue weighted by molar-refractivity contribution is -0.123. The Morgan fingerprint density at radius 1 is 1.38 bits per heavy atom. The highest BCUT2D eigenvalue weighted by molar-refractivity contribution is 5.94. The van der Waals surface area contributed by atoms with Gasteiger partial charge in [0.05, 0.1) is 12.0 Å². The van der Waals surface area contributed by atoms with Crippen LogP contribution in [0.5, 0.6) is 0 Å². The van der Waals surface area contributed by atoms with Crippen molar-refractivity contribution < 1.29 is 14.7 Å². The molecule has 0 unspecified atom stereocenters. The van der Waals surface area contributed by atoms with Gasteiger partial charge in [-0.15, -0.1) is 0 Å². The highest BCUT2D eigenvalue weighted by Crippen LogP contribution is 2.20. The van der Waals surface area contributed by atoms with Crippen molar-refractivity contribution in [2.75, 3.05) is 18.6 Å². The summed E-state index contributed by atoms with van der Waals surface area (Å²) in [5.41, 5.74) is 5.73. The molecule has 6 nitrogen and oxygen atoms in total. The summed E-state index contributed by atoms with van der Waals surface area (Å²) in [5, 5.41) is 11.6. The van der Waals surface area contributed by atoms with Crippen molar-refractivity contribution in [1.29, 1.82) is 0 Å². The second-order valence-electron chi connectivity index (χ2n) is 5.36. The van der Waals surface area contributed by atoms with Gasteiger partial charge in [0.25, 0.3) is 0 Å². The van der Waals surface area contributed by atoms with Crippen molar-refractivity contribution in [3.05, 3.63) is 30.3 Å². The van der Waals surface area contributed by atoms with Crippen molar-refractivity contribution in [3.8, 4) is 0 Å². The first-order valence-corrected chi connectivity index (χ1v) is 6.76. The van der Waals surface area contributed by atoms with Crippen molar-refractivity contribution >= 4 is 17.4 Å². The monoisotopic (exact) mass is 293 g/mol. The van der Waals surface area contributed by atoms with E-state index in [9.17, 15) is 4.79 Å². The summed E-state index contributed by atoms with van der Waals surface area (Å²) < 4.78 is 5.31. The quantitative estimate of drug-likeness (QED) is 0.348. The Bertz CT molecular complexity index is 486. The number of para-hydroxylation sites is 1. The van der Waals surface area contributed by atoms with Crippen molar-refractivity contribution in [2.45, 2.75) is 32.3 Å². The second-order valence-corrected chi connectivity index (χ2v) is 5.36. The molecule has 1 aromatic rings. The first kappa shape index (κ1) is 17.0. The van der Waals surface area contributed by atoms with Crippen LogP contribution >= 0.6 is 0 Å². The van der Waals surface area contributed by atoms with Gasteiger partial charge in [-0.3, -0.25) is 4.79 Å². The van der Waals surface area contributed by atoms with Crippen LogP contribution in [0.1, 0.15) is 26.7 Å². The van der Waals surface area contributed by atoms with Crippen LogP contribution in [-0.2, 0) is 9.53 Å². The molecule has 0 bridgehead atoms. The van der Waals surface area contributed by atoms with Gasteiger partial charge in [0.1, 0.15) is 5.84 Å². The van der Waals surface area contributed by atoms with Gasteiger partial charge >= 0.3 is 0 Å². The summed E-state index contributed by atoms with van der Waals surface area (Å²) in [6.45, 7) is 4.06. The van der Waals surface area contributed by atoms with E-state index in [4.69, 9.17) is 15.7 Å². The number of nitrogens with two attached hydrogens (primary N) is 1. The number of rotatable bonds is 7. The Kier molecular flexibility index (Phi) is 6.17. The van der Waals surface area contributed by atoms with Gasteiger partial charge in [0, 0.05) is 25.8 Å². The van der Waals surface area contributed by atoms with Crippen molar-refractivity contribution in [3.63, 3.8) is 0 Å². The minimum absolute atomic E-state index is 0.0706. The average Bonchev–Trinajstić information content (AvgIpc) is 2.47. The molecule has 3 N–H and O–H groups in total. The number of hydrogen-bond donors (Lipinski definition) is 2. The Labute approximate surface area is 125 Å². The lowest BCUT2D eigenvalue weighted by atomic mass is 10.0. The van der Waals surface area contributed by atoms with E-state index in [1.807, 2.05) is 44.2 Å². The minimum atomic E-state index is -0.541. The highest BCUT2D eigenvalue weighted by atomic mass is 16.5. The van der Waals surface area contributed by atoms with Gasteiger partial charge in [0.15, 0.2) is 0 Å². The van der Waals surface area contributed by atoms with Crippen LogP contribution < -0.4 is 10.6 Å². The molecule has 0 aliphatic carbocycles. The molecule has 21 heavy (non-hydrogen) atoms. The molecule has 116 valence electrons. The van der Waals surface area contributed by atoms with Crippen LogP contribution in [0.4, 0.5) is 5.69 Å². The van der Waals surface area contributed by atoms with Gasteiger partial charge in [-0.25, -0.2) is 0 Å². The number of methoxy groups -OCH3 is 1. The number of oxime groups is 1. The van der Waals surface area contributed by atoms with E-state index in [0.717, 1.165) is 5.69 Å². The van der Waals surface area contributed by atoms with E-state index in [0.29, 0.717) is 13.0 Å². The number of carbonyl (C=O) groups excluding carboxylic acids is 1. The fraction of sp³-hybridized carbons (Fsp3) is 0.467. The van der Waals surface area contributed by atoms with Crippen molar-refractivity contribution in [1.82, 2.24) is 0 Å². The summed E-state index contributed by atoms with van der Waals surface area (Å²) in [5.74, 6) is 0.0218. The molecule has 0 heterocycles. The third-order valence-electron chi connectivity index (χ3n) is 3.22. The number of ether oxygens (including phenoxy) is 1. The van der Waals surface area contributed by atoms with E-state index < -0.39 is 5.60 Å². The lowest BCUT2D eigenvalue weighted by Gasteiger charge is -2.28. The first-order chi connectivity index (χ1) is 9.89. The fourth-order valence-corrected chi connectivity index (χ4v) is 1.81. The van der Waals surface area contributed by atoms with Crippen LogP contribution in [0.3, 0.4) is 0 Å². The number of nitrogens with zero attached hydrogens (tertiary/aromatic N) is 2. The second kappa shape index (κ2) is 7.64. The molecule has 1 rings (SSSR count). The molecule has 0 aliphatic rings. The third kappa shape index (κ3) is 5.43. The Balaban J connectivity index is 2.89. The summed E-state index contributed by atoms with van der Waals surface area (Å²) in [7, 11) is 1.58. The highest BCUT2D eigenvalue weighted by Gasteiger charge is 2.25. The summed E-state index contributed by atoms with van der Waals surface area (Å²) >= 11 is 0. The number of amidine groups is 1. The van der Waals surface area contributed by atoms with Gasteiger partial charge in [0.2, 0.25) is 5.91 Å². The van der Waals surface area contributed by atoms with Crippen LogP contribution in [-0.4, -0.2) is 36.2 Å². The lowest BCUT2D eigenvalue weighted by Crippen LogP contribution is -2.39. The Morgan fingerprint density at radius 2 is 2.00 bits per heavy atom. The van der Waals surface area contributed by atoms with Crippen molar-refractivity contribution in [2.24, 2.45) is 10.9 Å². The van der Waals surface area contributed by atoms with Gasteiger partial charge in [-0.2, -0.15) is 0 Å². The summed E-state index contributed by atoms with van der Waals surface area (Å²) in [6.07, 6.45) is 0.541. The van der Waals surface area contributed by atoms with Gasteiger partial charge in [-0.1, -0.05) is 23.4 Å². The fourth-order valence-electron chi connectivity index (χ4n) is 1.81. The molecule has 0 atom stereocenters. The van der Waals surface area contributed by atoms with Gasteiger partial charge < -0.3 is 20.6 Å². The van der Waals surface area contributed by atoms with E-state index in [2.05, 4.69) is 5.16 Å². The molecule has 1 aromatic carbocycles. The minimum Gasteiger partial charge on any atom is -0.409 e. The van der Waals surface area contributed by atoms with Crippen LogP contribution in [0.15, 0.2) is 35.5 Å². The topological polar surface area (TPSA) is 88.2 Å². The number of benzene rings is 1. The molecule has 0 aromatic heterocycles. The molecule has 6 heteroatoms. The maximum Gasteiger partial charge on any atom is 0.229 e. The number of anilines is 1. The SMILES string of the molecule is COC(C)(C)CC(=O)N(CC/C(N)=N/O)c1ccccc1.